The molecule has 0 atom stereocenters. The lowest BCUT2D eigenvalue weighted by molar-refractivity contribution is -0.131. The highest BCUT2D eigenvalue weighted by atomic mass is 32.1. The second-order valence-corrected chi connectivity index (χ2v) is 5.97. The summed E-state index contributed by atoms with van der Waals surface area (Å²) in [6.07, 6.45) is 1.57. The Morgan fingerprint density at radius 1 is 1.43 bits per heavy atom. The zero-order valence-corrected chi connectivity index (χ0v) is 12.9. The molecule has 0 spiro atoms. The second kappa shape index (κ2) is 5.33. The van der Waals surface area contributed by atoms with Gasteiger partial charge in [-0.2, -0.15) is 0 Å². The fourth-order valence-electron chi connectivity index (χ4n) is 2.11. The molecule has 1 aliphatic heterocycles. The summed E-state index contributed by atoms with van der Waals surface area (Å²) in [5, 5.41) is 2.87. The molecule has 0 aromatic carbocycles. The second-order valence-electron chi connectivity index (χ2n) is 5.11. The Morgan fingerprint density at radius 2 is 2.24 bits per heavy atom. The number of aromatic nitrogens is 1. The number of thiazole rings is 1. The number of fused-ring (bicyclic) bond motifs is 1. The summed E-state index contributed by atoms with van der Waals surface area (Å²) in [6.45, 7) is 5.58. The summed E-state index contributed by atoms with van der Waals surface area (Å²) in [4.78, 5) is 16.0. The molecule has 21 heavy (non-hydrogen) atoms. The molecular weight excluding hydrogens is 286 g/mol. The smallest absolute Gasteiger partial charge is 0.308 e. The van der Waals surface area contributed by atoms with E-state index in [1.807, 2.05) is 23.6 Å². The van der Waals surface area contributed by atoms with Crippen molar-refractivity contribution in [1.29, 1.82) is 0 Å². The Kier molecular flexibility index (Phi) is 3.51. The maximum atomic E-state index is 11.4. The molecule has 0 amide bonds. The third-order valence-corrected chi connectivity index (χ3v) is 4.04. The summed E-state index contributed by atoms with van der Waals surface area (Å²) in [5.41, 5.74) is 2.73. The van der Waals surface area contributed by atoms with Crippen molar-refractivity contribution in [3.63, 3.8) is 0 Å². The maximum absolute atomic E-state index is 11.4. The molecule has 2 heterocycles. The van der Waals surface area contributed by atoms with Crippen LogP contribution in [-0.2, 0) is 4.79 Å². The molecule has 5 heteroatoms. The van der Waals surface area contributed by atoms with Crippen LogP contribution in [0, 0.1) is 0 Å². The summed E-state index contributed by atoms with van der Waals surface area (Å²) in [6, 6.07) is 5.68. The normalized spacial score (nSPS) is 11.2. The zero-order valence-electron chi connectivity index (χ0n) is 12.0. The quantitative estimate of drug-likeness (QED) is 0.666. The van der Waals surface area contributed by atoms with Crippen LogP contribution in [0.3, 0.4) is 0 Å². The molecule has 0 saturated carbocycles. The SMILES string of the molecule is CC(=O)Oc1c(-c2nc(C(C)C)cs2)cc2cccoc1-2. The van der Waals surface area contributed by atoms with Crippen LogP contribution in [0.15, 0.2) is 34.3 Å². The third kappa shape index (κ3) is 2.56. The van der Waals surface area contributed by atoms with Crippen LogP contribution in [-0.4, -0.2) is 11.0 Å². The topological polar surface area (TPSA) is 52.3 Å². The molecule has 4 nitrogen and oxygen atoms in total. The Bertz CT molecular complexity index is 757. The predicted molar refractivity (Wildman–Crippen MR) is 81.8 cm³/mol. The predicted octanol–water partition coefficient (Wildman–Crippen LogP) is 4.56. The van der Waals surface area contributed by atoms with E-state index < -0.39 is 0 Å². The summed E-state index contributed by atoms with van der Waals surface area (Å²) in [5.74, 6) is 1.01. The van der Waals surface area contributed by atoms with E-state index in [-0.39, 0.29) is 5.97 Å². The molecular formula is C16H15NO3S. The molecule has 0 unspecified atom stereocenters. The van der Waals surface area contributed by atoms with Gasteiger partial charge in [0, 0.05) is 17.9 Å². The van der Waals surface area contributed by atoms with Crippen molar-refractivity contribution >= 4 is 17.3 Å². The van der Waals surface area contributed by atoms with Crippen LogP contribution in [0.4, 0.5) is 0 Å². The number of nitrogens with zero attached hydrogens (tertiary/aromatic N) is 1. The summed E-state index contributed by atoms with van der Waals surface area (Å²) in [7, 11) is 0. The van der Waals surface area contributed by atoms with Gasteiger partial charge in [-0.25, -0.2) is 4.98 Å². The minimum Gasteiger partial charge on any atom is -0.460 e. The van der Waals surface area contributed by atoms with Gasteiger partial charge >= 0.3 is 5.97 Å². The van der Waals surface area contributed by atoms with Gasteiger partial charge in [-0.05, 0) is 24.1 Å². The van der Waals surface area contributed by atoms with Crippen LogP contribution in [0.1, 0.15) is 32.4 Å². The van der Waals surface area contributed by atoms with Gasteiger partial charge in [0.2, 0.25) is 0 Å². The van der Waals surface area contributed by atoms with Crippen LogP contribution < -0.4 is 4.74 Å². The van der Waals surface area contributed by atoms with Crippen molar-refractivity contribution in [3.05, 3.63) is 35.5 Å². The fourth-order valence-corrected chi connectivity index (χ4v) is 3.11. The monoisotopic (exact) mass is 301 g/mol. The van der Waals surface area contributed by atoms with E-state index in [9.17, 15) is 4.79 Å². The average molecular weight is 301 g/mol. The van der Waals surface area contributed by atoms with Gasteiger partial charge in [-0.15, -0.1) is 11.3 Å². The minimum atomic E-state index is -0.372. The Hall–Kier alpha value is -2.14. The summed E-state index contributed by atoms with van der Waals surface area (Å²) < 4.78 is 10.9. The average Bonchev–Trinajstić information content (AvgIpc) is 3.03. The molecule has 3 rings (SSSR count). The van der Waals surface area contributed by atoms with Crippen molar-refractivity contribution in [2.75, 3.05) is 0 Å². The van der Waals surface area contributed by atoms with Crippen molar-refractivity contribution in [3.8, 4) is 27.6 Å². The lowest BCUT2D eigenvalue weighted by Gasteiger charge is -2.04. The highest BCUT2D eigenvalue weighted by Gasteiger charge is 2.24. The molecule has 2 aliphatic rings. The third-order valence-electron chi connectivity index (χ3n) is 3.14. The maximum Gasteiger partial charge on any atom is 0.308 e. The minimum absolute atomic E-state index is 0.362. The van der Waals surface area contributed by atoms with E-state index >= 15 is 0 Å². The highest BCUT2D eigenvalue weighted by molar-refractivity contribution is 7.13. The number of carbonyl (C=O) groups is 1. The van der Waals surface area contributed by atoms with Gasteiger partial charge in [0.25, 0.3) is 0 Å². The van der Waals surface area contributed by atoms with E-state index in [1.165, 1.54) is 6.92 Å². The lowest BCUT2D eigenvalue weighted by Crippen LogP contribution is -2.02. The molecule has 0 bridgehead atoms. The van der Waals surface area contributed by atoms with Gasteiger partial charge in [0.15, 0.2) is 11.5 Å². The number of esters is 1. The van der Waals surface area contributed by atoms with Gasteiger partial charge in [-0.3, -0.25) is 4.79 Å². The molecule has 0 saturated heterocycles. The molecule has 0 fully saturated rings. The van der Waals surface area contributed by atoms with Crippen molar-refractivity contribution in [2.45, 2.75) is 26.7 Å². The van der Waals surface area contributed by atoms with E-state index in [0.29, 0.717) is 17.4 Å². The highest BCUT2D eigenvalue weighted by Crippen LogP contribution is 2.45. The van der Waals surface area contributed by atoms with Crippen LogP contribution in [0.2, 0.25) is 0 Å². The standard InChI is InChI=1S/C16H15NO3S/c1-9(2)13-8-21-16(17-13)12-7-11-5-4-6-19-14(11)15(12)20-10(3)18/h4-9H,1-3H3. The van der Waals surface area contributed by atoms with Gasteiger partial charge in [0.1, 0.15) is 5.01 Å². The van der Waals surface area contributed by atoms with Crippen molar-refractivity contribution in [2.24, 2.45) is 0 Å². The van der Waals surface area contributed by atoms with E-state index in [0.717, 1.165) is 21.8 Å². The Morgan fingerprint density at radius 3 is 2.90 bits per heavy atom. The Labute approximate surface area is 126 Å². The van der Waals surface area contributed by atoms with Crippen molar-refractivity contribution < 1.29 is 13.9 Å². The summed E-state index contributed by atoms with van der Waals surface area (Å²) >= 11 is 1.54. The lowest BCUT2D eigenvalue weighted by atomic mass is 10.2. The number of carbonyl (C=O) groups excluding carboxylic acids is 1. The van der Waals surface area contributed by atoms with Crippen LogP contribution >= 0.6 is 11.3 Å². The number of hydrogen-bond donors (Lipinski definition) is 0. The number of rotatable bonds is 3. The van der Waals surface area contributed by atoms with Gasteiger partial charge < -0.3 is 9.15 Å². The molecule has 0 radical (unpaired) electrons. The van der Waals surface area contributed by atoms with Crippen LogP contribution in [0.5, 0.6) is 5.75 Å². The number of ether oxygens (including phenoxy) is 1. The largest absolute Gasteiger partial charge is 0.460 e. The first-order chi connectivity index (χ1) is 10.1. The zero-order chi connectivity index (χ0) is 15.0. The first-order valence-electron chi connectivity index (χ1n) is 6.70. The Balaban J connectivity index is 2.15. The van der Waals surface area contributed by atoms with Gasteiger partial charge in [0.05, 0.1) is 17.5 Å². The van der Waals surface area contributed by atoms with Crippen molar-refractivity contribution in [1.82, 2.24) is 4.98 Å². The van der Waals surface area contributed by atoms with Crippen LogP contribution in [0.25, 0.3) is 21.9 Å². The molecule has 1 aliphatic carbocycles. The van der Waals surface area contributed by atoms with E-state index in [2.05, 4.69) is 18.8 Å². The molecule has 0 N–H and O–H groups in total. The fraction of sp³-hybridized carbons (Fsp3) is 0.250. The molecule has 1 aromatic rings. The van der Waals surface area contributed by atoms with E-state index in [4.69, 9.17) is 9.15 Å². The van der Waals surface area contributed by atoms with Gasteiger partial charge in [-0.1, -0.05) is 13.8 Å². The number of hydrogen-bond acceptors (Lipinski definition) is 5. The first kappa shape index (κ1) is 13.8. The first-order valence-corrected chi connectivity index (χ1v) is 7.58. The van der Waals surface area contributed by atoms with E-state index in [1.54, 1.807) is 17.6 Å². The molecule has 108 valence electrons. The molecule has 1 aromatic heterocycles.